The summed E-state index contributed by atoms with van der Waals surface area (Å²) >= 11 is 0. The van der Waals surface area contributed by atoms with Gasteiger partial charge in [0.05, 0.1) is 12.8 Å². The molecule has 0 bridgehead atoms. The Hall–Kier alpha value is -2.84. The Morgan fingerprint density at radius 1 is 1.07 bits per heavy atom. The fourth-order valence-corrected chi connectivity index (χ4v) is 3.37. The van der Waals surface area contributed by atoms with Gasteiger partial charge in [0.25, 0.3) is 5.91 Å². The summed E-state index contributed by atoms with van der Waals surface area (Å²) in [5, 5.41) is 1.60. The highest BCUT2D eigenvalue weighted by atomic mass is 32.2. The molecule has 2 rings (SSSR count). The normalized spacial score (nSPS) is 11.6. The van der Waals surface area contributed by atoms with Crippen molar-refractivity contribution in [2.75, 3.05) is 33.3 Å². The van der Waals surface area contributed by atoms with Crippen LogP contribution in [0, 0.1) is 0 Å². The van der Waals surface area contributed by atoms with Gasteiger partial charge in [0.15, 0.2) is 0 Å². The van der Waals surface area contributed by atoms with Crippen molar-refractivity contribution in [3.05, 3.63) is 60.2 Å². The minimum Gasteiger partial charge on any atom is -0.495 e. The topological polar surface area (TPSA) is 79.0 Å². The zero-order valence-corrected chi connectivity index (χ0v) is 16.5. The molecule has 0 aliphatic rings. The predicted octanol–water partition coefficient (Wildman–Crippen LogP) is 2.13. The molecular formula is C19H23N3O4S. The highest BCUT2D eigenvalue weighted by Gasteiger charge is 2.22. The molecule has 0 heterocycles. The molecule has 8 heteroatoms. The number of nitrogens with zero attached hydrogens (tertiary/aromatic N) is 2. The first-order valence-electron chi connectivity index (χ1n) is 8.13. The summed E-state index contributed by atoms with van der Waals surface area (Å²) in [5.41, 5.74) is 4.11. The molecule has 0 fully saturated rings. The van der Waals surface area contributed by atoms with Gasteiger partial charge in [0, 0.05) is 27.2 Å². The molecule has 0 saturated carbocycles. The van der Waals surface area contributed by atoms with Crippen LogP contribution in [0.15, 0.2) is 59.5 Å². The van der Waals surface area contributed by atoms with Crippen LogP contribution >= 0.6 is 0 Å². The Balaban J connectivity index is 2.18. The summed E-state index contributed by atoms with van der Waals surface area (Å²) in [6, 6.07) is 14.1. The molecule has 0 aliphatic carbocycles. The lowest BCUT2D eigenvalue weighted by molar-refractivity contribution is -0.116. The van der Waals surface area contributed by atoms with Crippen LogP contribution in [0.25, 0.3) is 6.08 Å². The molecule has 2 aromatic carbocycles. The summed E-state index contributed by atoms with van der Waals surface area (Å²) in [4.78, 5) is 12.2. The van der Waals surface area contributed by atoms with Gasteiger partial charge in [-0.1, -0.05) is 24.3 Å². The predicted molar refractivity (Wildman–Crippen MR) is 106 cm³/mol. The molecule has 144 valence electrons. The molecule has 0 atom stereocenters. The molecule has 1 N–H and O–H groups in total. The van der Waals surface area contributed by atoms with Crippen molar-refractivity contribution in [1.29, 1.82) is 0 Å². The van der Waals surface area contributed by atoms with Gasteiger partial charge in [0.2, 0.25) is 10.0 Å². The summed E-state index contributed by atoms with van der Waals surface area (Å²) in [6.45, 7) is 0. The van der Waals surface area contributed by atoms with E-state index in [4.69, 9.17) is 4.74 Å². The van der Waals surface area contributed by atoms with E-state index in [1.165, 1.54) is 33.3 Å². The number of sulfonamides is 1. The Bertz CT molecular complexity index is 925. The van der Waals surface area contributed by atoms with Crippen LogP contribution in [0.5, 0.6) is 5.75 Å². The number of benzene rings is 2. The minimum atomic E-state index is -3.67. The van der Waals surface area contributed by atoms with Crippen molar-refractivity contribution in [3.63, 3.8) is 0 Å². The van der Waals surface area contributed by atoms with Gasteiger partial charge in [-0.2, -0.15) is 0 Å². The van der Waals surface area contributed by atoms with E-state index in [2.05, 4.69) is 5.43 Å². The van der Waals surface area contributed by atoms with E-state index < -0.39 is 10.0 Å². The first-order chi connectivity index (χ1) is 12.8. The van der Waals surface area contributed by atoms with Crippen molar-refractivity contribution in [2.45, 2.75) is 4.90 Å². The fourth-order valence-electron chi connectivity index (χ4n) is 2.29. The third kappa shape index (κ3) is 5.08. The highest BCUT2D eigenvalue weighted by Crippen LogP contribution is 2.27. The van der Waals surface area contributed by atoms with Crippen LogP contribution in [0.3, 0.4) is 0 Å². The second-order valence-electron chi connectivity index (χ2n) is 5.90. The number of nitrogens with one attached hydrogen (secondary N) is 1. The molecule has 0 unspecified atom stereocenters. The van der Waals surface area contributed by atoms with Gasteiger partial charge in [-0.25, -0.2) is 12.7 Å². The van der Waals surface area contributed by atoms with Crippen molar-refractivity contribution in [1.82, 2.24) is 9.73 Å². The van der Waals surface area contributed by atoms with E-state index in [0.29, 0.717) is 5.56 Å². The molecule has 0 aromatic heterocycles. The molecule has 0 aliphatic heterocycles. The van der Waals surface area contributed by atoms with Crippen LogP contribution in [0.4, 0.5) is 5.69 Å². The number of ether oxygens (including phenoxy) is 1. The summed E-state index contributed by atoms with van der Waals surface area (Å²) in [6.07, 6.45) is 2.88. The van der Waals surface area contributed by atoms with E-state index >= 15 is 0 Å². The Morgan fingerprint density at radius 3 is 2.33 bits per heavy atom. The second kappa shape index (κ2) is 8.70. The first-order valence-corrected chi connectivity index (χ1v) is 9.57. The van der Waals surface area contributed by atoms with Crippen LogP contribution in [0.2, 0.25) is 0 Å². The third-order valence-electron chi connectivity index (χ3n) is 3.79. The van der Waals surface area contributed by atoms with E-state index in [1.807, 2.05) is 30.3 Å². The van der Waals surface area contributed by atoms with Gasteiger partial charge in [0.1, 0.15) is 10.6 Å². The van der Waals surface area contributed by atoms with E-state index in [9.17, 15) is 13.2 Å². The maximum atomic E-state index is 12.4. The van der Waals surface area contributed by atoms with Crippen LogP contribution in [0.1, 0.15) is 5.56 Å². The Morgan fingerprint density at radius 2 is 1.74 bits per heavy atom. The quantitative estimate of drug-likeness (QED) is 0.580. The summed E-state index contributed by atoms with van der Waals surface area (Å²) < 4.78 is 31.1. The number of hydrogen-bond acceptors (Lipinski definition) is 5. The van der Waals surface area contributed by atoms with Gasteiger partial charge >= 0.3 is 0 Å². The minimum absolute atomic E-state index is 0.0407. The maximum absolute atomic E-state index is 12.4. The SMILES string of the molecule is COc1ccc(/C=C/C(=O)NN(C)c2ccccc2)cc1S(=O)(=O)N(C)C. The molecular weight excluding hydrogens is 366 g/mol. The monoisotopic (exact) mass is 389 g/mol. The van der Waals surface area contributed by atoms with Gasteiger partial charge in [-0.05, 0) is 35.9 Å². The number of para-hydroxylation sites is 1. The smallest absolute Gasteiger partial charge is 0.262 e. The molecule has 0 radical (unpaired) electrons. The number of methoxy groups -OCH3 is 1. The lowest BCUT2D eigenvalue weighted by Crippen LogP contribution is -2.38. The summed E-state index contributed by atoms with van der Waals surface area (Å²) in [5.74, 6) is -0.0942. The number of hydrazine groups is 1. The number of carbonyl (C=O) groups excluding carboxylic acids is 1. The lowest BCUT2D eigenvalue weighted by atomic mass is 10.2. The van der Waals surface area contributed by atoms with Crippen LogP contribution in [-0.4, -0.2) is 46.9 Å². The van der Waals surface area contributed by atoms with Crippen LogP contribution in [-0.2, 0) is 14.8 Å². The van der Waals surface area contributed by atoms with Crippen molar-refractivity contribution in [3.8, 4) is 5.75 Å². The number of amides is 1. The molecule has 7 nitrogen and oxygen atoms in total. The van der Waals surface area contributed by atoms with E-state index in [-0.39, 0.29) is 16.6 Å². The van der Waals surface area contributed by atoms with Crippen molar-refractivity contribution in [2.24, 2.45) is 0 Å². The molecule has 0 saturated heterocycles. The van der Waals surface area contributed by atoms with Crippen LogP contribution < -0.4 is 15.2 Å². The average Bonchev–Trinajstić information content (AvgIpc) is 2.66. The zero-order chi connectivity index (χ0) is 20.0. The summed E-state index contributed by atoms with van der Waals surface area (Å²) in [7, 11) is 2.37. The molecule has 1 amide bonds. The lowest BCUT2D eigenvalue weighted by Gasteiger charge is -2.19. The van der Waals surface area contributed by atoms with Crippen molar-refractivity contribution < 1.29 is 17.9 Å². The fraction of sp³-hybridized carbons (Fsp3) is 0.211. The number of rotatable bonds is 7. The van der Waals surface area contributed by atoms with E-state index in [0.717, 1.165) is 9.99 Å². The van der Waals surface area contributed by atoms with Gasteiger partial charge < -0.3 is 4.74 Å². The van der Waals surface area contributed by atoms with Gasteiger partial charge in [-0.3, -0.25) is 15.2 Å². The number of hydrogen-bond donors (Lipinski definition) is 1. The number of anilines is 1. The van der Waals surface area contributed by atoms with Crippen molar-refractivity contribution >= 4 is 27.7 Å². The zero-order valence-electron chi connectivity index (χ0n) is 15.7. The first kappa shape index (κ1) is 20.5. The number of carbonyl (C=O) groups is 1. The maximum Gasteiger partial charge on any atom is 0.262 e. The largest absolute Gasteiger partial charge is 0.495 e. The van der Waals surface area contributed by atoms with E-state index in [1.54, 1.807) is 30.3 Å². The third-order valence-corrected chi connectivity index (χ3v) is 5.63. The average molecular weight is 389 g/mol. The van der Waals surface area contributed by atoms with Gasteiger partial charge in [-0.15, -0.1) is 0 Å². The molecule has 2 aromatic rings. The Kier molecular flexibility index (Phi) is 6.59. The standard InChI is InChI=1S/C19H23N3O4S/c1-21(2)27(24,25)18-14-15(10-12-17(18)26-4)11-13-19(23)20-22(3)16-8-6-5-7-9-16/h5-14H,1-4H3,(H,20,23)/b13-11+. The second-order valence-corrected chi connectivity index (χ2v) is 8.02. The molecule has 0 spiro atoms. The Labute approximate surface area is 159 Å². The highest BCUT2D eigenvalue weighted by molar-refractivity contribution is 7.89. The molecule has 27 heavy (non-hydrogen) atoms.